The van der Waals surface area contributed by atoms with Gasteiger partial charge in [0, 0.05) is 13.9 Å². The van der Waals surface area contributed by atoms with Crippen LogP contribution < -0.4 is 5.32 Å². The molecule has 0 unspecified atom stereocenters. The second kappa shape index (κ2) is 2.01. The van der Waals surface area contributed by atoms with Crippen LogP contribution in [-0.4, -0.2) is 13.0 Å². The smallest absolute Gasteiger partial charge is 0.225 e. The third kappa shape index (κ3) is 0.934. The van der Waals surface area contributed by atoms with Gasteiger partial charge in [-0.3, -0.25) is 4.79 Å². The molecule has 1 amide bonds. The van der Waals surface area contributed by atoms with Gasteiger partial charge in [-0.15, -0.1) is 0 Å². The first kappa shape index (κ1) is 6.59. The Morgan fingerprint density at radius 1 is 1.67 bits per heavy atom. The van der Waals surface area contributed by atoms with Crippen molar-refractivity contribution in [2.75, 3.05) is 7.05 Å². The summed E-state index contributed by atoms with van der Waals surface area (Å²) in [5, 5.41) is 2.67. The van der Waals surface area contributed by atoms with Crippen LogP contribution in [0.15, 0.2) is 0 Å². The molecule has 0 aliphatic heterocycles. The van der Waals surface area contributed by atoms with Gasteiger partial charge < -0.3 is 5.32 Å². The molecule has 0 spiro atoms. The van der Waals surface area contributed by atoms with E-state index in [1.54, 1.807) is 7.05 Å². The Kier molecular flexibility index (Phi) is 1.47. The second-order valence-electron chi connectivity index (χ2n) is 2.99. The summed E-state index contributed by atoms with van der Waals surface area (Å²) >= 11 is 0. The largest absolute Gasteiger partial charge is 0.359 e. The lowest BCUT2D eigenvalue weighted by Gasteiger charge is -2.35. The molecule has 2 heteroatoms. The number of rotatable bonds is 1. The van der Waals surface area contributed by atoms with Crippen molar-refractivity contribution in [1.82, 2.24) is 5.32 Å². The van der Waals surface area contributed by atoms with E-state index in [-0.39, 0.29) is 12.7 Å². The van der Waals surface area contributed by atoms with Gasteiger partial charge in [0.2, 0.25) is 5.91 Å². The standard InChI is InChI=1S/C7H13NO.H2/c1-7(4-3-5-7)6(9)8-2;/h3-5H2,1-2H3,(H,8,9);1H. The average molecular weight is 129 g/mol. The molecule has 1 fully saturated rings. The number of nitrogens with one attached hydrogen (secondary N) is 1. The van der Waals surface area contributed by atoms with Crippen molar-refractivity contribution in [3.63, 3.8) is 0 Å². The van der Waals surface area contributed by atoms with Crippen molar-refractivity contribution in [3.05, 3.63) is 0 Å². The topological polar surface area (TPSA) is 29.1 Å². The highest BCUT2D eigenvalue weighted by atomic mass is 16.2. The van der Waals surface area contributed by atoms with Crippen molar-refractivity contribution >= 4 is 5.91 Å². The maximum absolute atomic E-state index is 11.0. The molecule has 0 aromatic heterocycles. The highest BCUT2D eigenvalue weighted by Gasteiger charge is 2.38. The van der Waals surface area contributed by atoms with Crippen molar-refractivity contribution in [2.24, 2.45) is 5.41 Å². The normalized spacial score (nSPS) is 22.4. The highest BCUT2D eigenvalue weighted by molar-refractivity contribution is 5.82. The van der Waals surface area contributed by atoms with Gasteiger partial charge in [-0.05, 0) is 12.8 Å². The van der Waals surface area contributed by atoms with Crippen LogP contribution in [0.3, 0.4) is 0 Å². The van der Waals surface area contributed by atoms with Gasteiger partial charge in [0.15, 0.2) is 0 Å². The molecule has 54 valence electrons. The summed E-state index contributed by atoms with van der Waals surface area (Å²) in [6.45, 7) is 2.02. The Labute approximate surface area is 57.1 Å². The van der Waals surface area contributed by atoms with Gasteiger partial charge in [-0.2, -0.15) is 0 Å². The van der Waals surface area contributed by atoms with Crippen molar-refractivity contribution in [1.29, 1.82) is 0 Å². The Hall–Kier alpha value is -0.530. The second-order valence-corrected chi connectivity index (χ2v) is 2.99. The molecule has 2 nitrogen and oxygen atoms in total. The number of hydrogen-bond donors (Lipinski definition) is 1. The molecule has 0 bridgehead atoms. The fraction of sp³-hybridized carbons (Fsp3) is 0.857. The molecule has 1 saturated carbocycles. The van der Waals surface area contributed by atoms with Crippen LogP contribution in [0.4, 0.5) is 0 Å². The fourth-order valence-corrected chi connectivity index (χ4v) is 1.24. The van der Waals surface area contributed by atoms with Crippen LogP contribution in [-0.2, 0) is 4.79 Å². The molecule has 1 aliphatic rings. The molecule has 0 radical (unpaired) electrons. The van der Waals surface area contributed by atoms with E-state index in [0.717, 1.165) is 12.8 Å². The zero-order chi connectivity index (χ0) is 6.91. The molecule has 1 aliphatic carbocycles. The lowest BCUT2D eigenvalue weighted by atomic mass is 9.70. The van der Waals surface area contributed by atoms with Gasteiger partial charge in [0.05, 0.1) is 0 Å². The van der Waals surface area contributed by atoms with Gasteiger partial charge >= 0.3 is 0 Å². The maximum atomic E-state index is 11.0. The van der Waals surface area contributed by atoms with E-state index in [4.69, 9.17) is 0 Å². The van der Waals surface area contributed by atoms with Crippen molar-refractivity contribution in [2.45, 2.75) is 26.2 Å². The van der Waals surface area contributed by atoms with Crippen LogP contribution in [0, 0.1) is 5.41 Å². The van der Waals surface area contributed by atoms with E-state index >= 15 is 0 Å². The average Bonchev–Trinajstić information content (AvgIpc) is 1.81. The molecular weight excluding hydrogens is 114 g/mol. The first-order chi connectivity index (χ1) is 4.19. The summed E-state index contributed by atoms with van der Waals surface area (Å²) in [4.78, 5) is 11.0. The van der Waals surface area contributed by atoms with Gasteiger partial charge in [0.25, 0.3) is 0 Å². The lowest BCUT2D eigenvalue weighted by Crippen LogP contribution is -2.41. The Morgan fingerprint density at radius 2 is 2.22 bits per heavy atom. The molecule has 0 atom stereocenters. The SMILES string of the molecule is CNC(=O)C1(C)CCC1.[HH]. The molecule has 1 N–H and O–H groups in total. The van der Waals surface area contributed by atoms with Crippen LogP contribution in [0.25, 0.3) is 0 Å². The third-order valence-corrected chi connectivity index (χ3v) is 2.23. The number of carbonyl (C=O) groups is 1. The number of carbonyl (C=O) groups excluding carboxylic acids is 1. The molecule has 9 heavy (non-hydrogen) atoms. The Balaban J connectivity index is 0.000000810. The van der Waals surface area contributed by atoms with Gasteiger partial charge in [-0.1, -0.05) is 13.3 Å². The molecule has 0 aromatic carbocycles. The molecule has 0 saturated heterocycles. The van der Waals surface area contributed by atoms with Crippen LogP contribution in [0.5, 0.6) is 0 Å². The summed E-state index contributed by atoms with van der Waals surface area (Å²) in [5.74, 6) is 0.203. The highest BCUT2D eigenvalue weighted by Crippen LogP contribution is 2.40. The maximum Gasteiger partial charge on any atom is 0.225 e. The Morgan fingerprint density at radius 3 is 2.33 bits per heavy atom. The predicted octanol–water partition coefficient (Wildman–Crippen LogP) is 1.17. The molecule has 0 aromatic rings. The Bertz CT molecular complexity index is 132. The van der Waals surface area contributed by atoms with E-state index < -0.39 is 0 Å². The van der Waals surface area contributed by atoms with Crippen LogP contribution >= 0.6 is 0 Å². The third-order valence-electron chi connectivity index (χ3n) is 2.23. The predicted molar refractivity (Wildman–Crippen MR) is 38.1 cm³/mol. The van der Waals surface area contributed by atoms with Gasteiger partial charge in [0.1, 0.15) is 0 Å². The molecular formula is C7H15NO. The van der Waals surface area contributed by atoms with E-state index in [1.807, 2.05) is 6.92 Å². The summed E-state index contributed by atoms with van der Waals surface area (Å²) in [5.41, 5.74) is -0.0191. The fourth-order valence-electron chi connectivity index (χ4n) is 1.24. The lowest BCUT2D eigenvalue weighted by molar-refractivity contribution is -0.133. The summed E-state index contributed by atoms with van der Waals surface area (Å²) in [7, 11) is 1.70. The van der Waals surface area contributed by atoms with E-state index in [2.05, 4.69) is 5.32 Å². The minimum absolute atomic E-state index is 0. The van der Waals surface area contributed by atoms with Crippen LogP contribution in [0.2, 0.25) is 0 Å². The minimum atomic E-state index is -0.0191. The minimum Gasteiger partial charge on any atom is -0.359 e. The van der Waals surface area contributed by atoms with E-state index in [0.29, 0.717) is 0 Å². The van der Waals surface area contributed by atoms with Gasteiger partial charge in [-0.25, -0.2) is 0 Å². The quantitative estimate of drug-likeness (QED) is 0.565. The first-order valence-corrected chi connectivity index (χ1v) is 3.41. The van der Waals surface area contributed by atoms with Crippen molar-refractivity contribution < 1.29 is 6.22 Å². The first-order valence-electron chi connectivity index (χ1n) is 3.41. The summed E-state index contributed by atoms with van der Waals surface area (Å²) in [6, 6.07) is 0. The van der Waals surface area contributed by atoms with E-state index in [1.165, 1.54) is 6.42 Å². The summed E-state index contributed by atoms with van der Waals surface area (Å²) in [6.07, 6.45) is 3.34. The summed E-state index contributed by atoms with van der Waals surface area (Å²) < 4.78 is 0. The zero-order valence-electron chi connectivity index (χ0n) is 6.03. The molecule has 0 heterocycles. The molecule has 1 rings (SSSR count). The number of hydrogen-bond acceptors (Lipinski definition) is 1. The van der Waals surface area contributed by atoms with E-state index in [9.17, 15) is 4.79 Å². The zero-order valence-corrected chi connectivity index (χ0v) is 6.03. The van der Waals surface area contributed by atoms with Crippen LogP contribution in [0.1, 0.15) is 27.6 Å². The van der Waals surface area contributed by atoms with Crippen molar-refractivity contribution in [3.8, 4) is 0 Å². The number of amides is 1. The monoisotopic (exact) mass is 129 g/mol.